The average molecular weight is 425 g/mol. The third-order valence-corrected chi connectivity index (χ3v) is 5.53. The maximum atomic E-state index is 13.0. The normalized spacial score (nSPS) is 21.8. The number of nitrogens with one attached hydrogen (secondary N) is 3. The molecule has 3 atom stereocenters. The van der Waals surface area contributed by atoms with E-state index in [-0.39, 0.29) is 48.1 Å². The maximum Gasteiger partial charge on any atom is 0.245 e. The summed E-state index contributed by atoms with van der Waals surface area (Å²) < 4.78 is 5.57. The molecular weight excluding hydrogens is 388 g/mol. The molecule has 0 aromatic rings. The molecule has 2 fully saturated rings. The number of rotatable bonds is 8. The molecule has 2 aliphatic rings. The number of amides is 4. The molecular formula is C21H36N4O5. The summed E-state index contributed by atoms with van der Waals surface area (Å²) in [4.78, 5) is 50.8. The minimum Gasteiger partial charge on any atom is -0.377 e. The topological polar surface area (TPSA) is 117 Å². The van der Waals surface area contributed by atoms with Crippen molar-refractivity contribution in [1.29, 1.82) is 0 Å². The van der Waals surface area contributed by atoms with Crippen LogP contribution in [0, 0.1) is 11.8 Å². The van der Waals surface area contributed by atoms with Gasteiger partial charge in [0.05, 0.1) is 19.3 Å². The van der Waals surface area contributed by atoms with Crippen molar-refractivity contribution >= 4 is 23.6 Å². The number of nitrogens with zero attached hydrogens (tertiary/aromatic N) is 1. The van der Waals surface area contributed by atoms with Gasteiger partial charge in [-0.05, 0) is 32.1 Å². The number of ether oxygens (including phenoxy) is 1. The summed E-state index contributed by atoms with van der Waals surface area (Å²) in [6, 6.07) is -1.64. The Morgan fingerprint density at radius 2 is 1.80 bits per heavy atom. The van der Waals surface area contributed by atoms with Gasteiger partial charge in [-0.1, -0.05) is 20.3 Å². The molecule has 1 aliphatic heterocycles. The lowest BCUT2D eigenvalue weighted by Gasteiger charge is -2.30. The smallest absolute Gasteiger partial charge is 0.245 e. The van der Waals surface area contributed by atoms with Gasteiger partial charge in [0.15, 0.2) is 0 Å². The zero-order valence-corrected chi connectivity index (χ0v) is 18.5. The molecule has 0 aromatic carbocycles. The second-order valence-corrected chi connectivity index (χ2v) is 8.81. The van der Waals surface area contributed by atoms with E-state index in [0.717, 1.165) is 19.3 Å². The Hall–Kier alpha value is -2.16. The summed E-state index contributed by atoms with van der Waals surface area (Å²) >= 11 is 0. The van der Waals surface area contributed by atoms with Gasteiger partial charge < -0.3 is 25.6 Å². The molecule has 3 unspecified atom stereocenters. The summed E-state index contributed by atoms with van der Waals surface area (Å²) in [5, 5.41) is 8.39. The SMILES string of the molecule is CC(=O)NC(CC(C)C)C(=O)N1CCOCC(NC(=O)C(C)NC(=O)C2CCC2)C1. The van der Waals surface area contributed by atoms with Crippen LogP contribution in [0.5, 0.6) is 0 Å². The van der Waals surface area contributed by atoms with Crippen molar-refractivity contribution in [1.82, 2.24) is 20.9 Å². The highest BCUT2D eigenvalue weighted by atomic mass is 16.5. The molecule has 4 amide bonds. The fourth-order valence-electron chi connectivity index (χ4n) is 3.65. The van der Waals surface area contributed by atoms with Crippen LogP contribution in [-0.2, 0) is 23.9 Å². The molecule has 0 radical (unpaired) electrons. The Bertz CT molecular complexity index is 635. The van der Waals surface area contributed by atoms with E-state index in [4.69, 9.17) is 4.74 Å². The minimum atomic E-state index is -0.654. The fraction of sp³-hybridized carbons (Fsp3) is 0.810. The number of hydrogen-bond donors (Lipinski definition) is 3. The van der Waals surface area contributed by atoms with Crippen LogP contribution >= 0.6 is 0 Å². The molecule has 1 saturated heterocycles. The van der Waals surface area contributed by atoms with Gasteiger partial charge >= 0.3 is 0 Å². The van der Waals surface area contributed by atoms with Crippen molar-refractivity contribution in [2.24, 2.45) is 11.8 Å². The zero-order valence-electron chi connectivity index (χ0n) is 18.5. The van der Waals surface area contributed by atoms with Gasteiger partial charge in [-0.2, -0.15) is 0 Å². The van der Waals surface area contributed by atoms with E-state index in [9.17, 15) is 19.2 Å². The Morgan fingerprint density at radius 3 is 2.37 bits per heavy atom. The van der Waals surface area contributed by atoms with E-state index in [0.29, 0.717) is 26.1 Å². The molecule has 9 nitrogen and oxygen atoms in total. The lowest BCUT2D eigenvalue weighted by molar-refractivity contribution is -0.137. The van der Waals surface area contributed by atoms with Gasteiger partial charge in [0.2, 0.25) is 23.6 Å². The molecule has 0 aromatic heterocycles. The first-order valence-corrected chi connectivity index (χ1v) is 10.9. The second-order valence-electron chi connectivity index (χ2n) is 8.81. The largest absolute Gasteiger partial charge is 0.377 e. The predicted octanol–water partition coefficient (Wildman–Crippen LogP) is 0.186. The molecule has 1 saturated carbocycles. The number of carbonyl (C=O) groups excluding carboxylic acids is 4. The van der Waals surface area contributed by atoms with E-state index in [1.807, 2.05) is 13.8 Å². The Morgan fingerprint density at radius 1 is 1.10 bits per heavy atom. The van der Waals surface area contributed by atoms with Crippen molar-refractivity contribution < 1.29 is 23.9 Å². The van der Waals surface area contributed by atoms with Crippen molar-refractivity contribution in [3.8, 4) is 0 Å². The van der Waals surface area contributed by atoms with Crippen molar-refractivity contribution in [3.63, 3.8) is 0 Å². The Balaban J connectivity index is 1.93. The fourth-order valence-corrected chi connectivity index (χ4v) is 3.65. The zero-order chi connectivity index (χ0) is 22.3. The minimum absolute atomic E-state index is 0.0150. The maximum absolute atomic E-state index is 13.0. The number of carbonyl (C=O) groups is 4. The molecule has 3 N–H and O–H groups in total. The van der Waals surface area contributed by atoms with Gasteiger partial charge in [-0.3, -0.25) is 19.2 Å². The molecule has 9 heteroatoms. The third-order valence-electron chi connectivity index (χ3n) is 5.53. The lowest BCUT2D eigenvalue weighted by Crippen LogP contribution is -2.55. The van der Waals surface area contributed by atoms with Gasteiger partial charge in [0, 0.05) is 25.9 Å². The van der Waals surface area contributed by atoms with E-state index in [1.165, 1.54) is 6.92 Å². The summed E-state index contributed by atoms with van der Waals surface area (Å²) in [5.41, 5.74) is 0. The standard InChI is InChI=1S/C21H36N4O5/c1-13(2)10-18(23-15(4)26)21(29)25-8-9-30-12-17(11-25)24-19(27)14(3)22-20(28)16-6-5-7-16/h13-14,16-18H,5-12H2,1-4H3,(H,22,28)(H,23,26)(H,24,27). The second kappa shape index (κ2) is 11.3. The van der Waals surface area contributed by atoms with Crippen LogP contribution in [0.3, 0.4) is 0 Å². The Kier molecular flexibility index (Phi) is 9.08. The van der Waals surface area contributed by atoms with Gasteiger partial charge in [-0.15, -0.1) is 0 Å². The van der Waals surface area contributed by atoms with Crippen LogP contribution in [0.1, 0.15) is 53.4 Å². The molecule has 0 spiro atoms. The third kappa shape index (κ3) is 7.27. The number of hydrogen-bond acceptors (Lipinski definition) is 5. The van der Waals surface area contributed by atoms with Crippen molar-refractivity contribution in [3.05, 3.63) is 0 Å². The first kappa shape index (κ1) is 24.1. The van der Waals surface area contributed by atoms with Crippen molar-refractivity contribution in [2.45, 2.75) is 71.5 Å². The van der Waals surface area contributed by atoms with Gasteiger partial charge in [0.25, 0.3) is 0 Å². The summed E-state index contributed by atoms with van der Waals surface area (Å²) in [5.74, 6) is -0.544. The van der Waals surface area contributed by atoms with Gasteiger partial charge in [0.1, 0.15) is 12.1 Å². The highest BCUT2D eigenvalue weighted by molar-refractivity contribution is 5.89. The summed E-state index contributed by atoms with van der Waals surface area (Å²) in [7, 11) is 0. The predicted molar refractivity (Wildman–Crippen MR) is 111 cm³/mol. The van der Waals surface area contributed by atoms with Crippen LogP contribution in [-0.4, -0.2) is 73.0 Å². The van der Waals surface area contributed by atoms with E-state index >= 15 is 0 Å². The van der Waals surface area contributed by atoms with Crippen LogP contribution in [0.25, 0.3) is 0 Å². The van der Waals surface area contributed by atoms with Crippen molar-refractivity contribution in [2.75, 3.05) is 26.3 Å². The van der Waals surface area contributed by atoms with Crippen LogP contribution in [0.15, 0.2) is 0 Å². The monoisotopic (exact) mass is 424 g/mol. The van der Waals surface area contributed by atoms with E-state index in [1.54, 1.807) is 11.8 Å². The van der Waals surface area contributed by atoms with Crippen LogP contribution < -0.4 is 16.0 Å². The molecule has 1 aliphatic carbocycles. The lowest BCUT2D eigenvalue weighted by atomic mass is 9.84. The Labute approximate surface area is 178 Å². The van der Waals surface area contributed by atoms with Crippen LogP contribution in [0.2, 0.25) is 0 Å². The summed E-state index contributed by atoms with van der Waals surface area (Å²) in [6.07, 6.45) is 3.34. The average Bonchev–Trinajstić information content (AvgIpc) is 2.83. The first-order chi connectivity index (χ1) is 14.2. The van der Waals surface area contributed by atoms with Gasteiger partial charge in [-0.25, -0.2) is 0 Å². The first-order valence-electron chi connectivity index (χ1n) is 10.9. The molecule has 1 heterocycles. The van der Waals surface area contributed by atoms with Crippen LogP contribution in [0.4, 0.5) is 0 Å². The molecule has 30 heavy (non-hydrogen) atoms. The molecule has 0 bridgehead atoms. The quantitative estimate of drug-likeness (QED) is 0.514. The highest BCUT2D eigenvalue weighted by Crippen LogP contribution is 2.26. The van der Waals surface area contributed by atoms with E-state index in [2.05, 4.69) is 16.0 Å². The molecule has 170 valence electrons. The van der Waals surface area contributed by atoms with E-state index < -0.39 is 12.1 Å². The molecule has 2 rings (SSSR count). The highest BCUT2D eigenvalue weighted by Gasteiger charge is 2.31. The summed E-state index contributed by atoms with van der Waals surface area (Å²) in [6.45, 7) is 8.38.